The van der Waals surface area contributed by atoms with Crippen LogP contribution in [0.1, 0.15) is 13.3 Å². The van der Waals surface area contributed by atoms with Crippen LogP contribution in [-0.2, 0) is 0 Å². The molecule has 21 heavy (non-hydrogen) atoms. The Labute approximate surface area is 140 Å². The molecule has 7 heteroatoms. The molecule has 2 aromatic rings. The molecule has 112 valence electrons. The average molecular weight is 415 g/mol. The Bertz CT molecular complexity index is 622. The maximum atomic E-state index is 6.14. The van der Waals surface area contributed by atoms with Gasteiger partial charge < -0.3 is 10.6 Å². The van der Waals surface area contributed by atoms with Gasteiger partial charge in [-0.05, 0) is 30.5 Å². The second-order valence-corrected chi connectivity index (χ2v) is 7.35. The lowest BCUT2D eigenvalue weighted by Gasteiger charge is -2.34. The zero-order valence-corrected chi connectivity index (χ0v) is 14.9. The van der Waals surface area contributed by atoms with E-state index in [1.165, 1.54) is 0 Å². The van der Waals surface area contributed by atoms with Crippen LogP contribution in [0.4, 0.5) is 5.95 Å². The molecule has 3 rings (SSSR count). The average Bonchev–Trinajstić information content (AvgIpc) is 2.90. The van der Waals surface area contributed by atoms with Gasteiger partial charge in [-0.25, -0.2) is 0 Å². The fraction of sp³-hybridized carbons (Fsp3) is 0.429. The van der Waals surface area contributed by atoms with E-state index in [1.807, 2.05) is 18.2 Å². The summed E-state index contributed by atoms with van der Waals surface area (Å²) in [6.45, 7) is 3.96. The first-order chi connectivity index (χ1) is 10.0. The highest BCUT2D eigenvalue weighted by Crippen LogP contribution is 2.27. The molecule has 3 N–H and O–H groups in total. The Morgan fingerprint density at radius 3 is 2.67 bits per heavy atom. The molecule has 0 bridgehead atoms. The predicted octanol–water partition coefficient (Wildman–Crippen LogP) is 3.17. The van der Waals surface area contributed by atoms with Gasteiger partial charge in [-0.3, -0.25) is 5.10 Å². The number of anilines is 1. The van der Waals surface area contributed by atoms with Crippen molar-refractivity contribution < 1.29 is 0 Å². The summed E-state index contributed by atoms with van der Waals surface area (Å²) < 4.78 is 2.00. The fourth-order valence-corrected chi connectivity index (χ4v) is 3.79. The van der Waals surface area contributed by atoms with Crippen molar-refractivity contribution in [1.82, 2.24) is 15.2 Å². The van der Waals surface area contributed by atoms with Crippen LogP contribution in [0, 0.1) is 5.92 Å². The summed E-state index contributed by atoms with van der Waals surface area (Å²) in [5, 5.41) is 7.35. The monoisotopic (exact) mass is 413 g/mol. The molecule has 0 radical (unpaired) electrons. The number of nitrogens with two attached hydrogens (primary N) is 1. The minimum absolute atomic E-state index is 0.181. The summed E-state index contributed by atoms with van der Waals surface area (Å²) in [5.74, 6) is 2.04. The van der Waals surface area contributed by atoms with Gasteiger partial charge in [-0.1, -0.05) is 38.8 Å². The third-order valence-electron chi connectivity index (χ3n) is 3.91. The van der Waals surface area contributed by atoms with Crippen LogP contribution in [0.2, 0.25) is 0 Å². The lowest BCUT2D eigenvalue weighted by Crippen LogP contribution is -2.48. The number of benzene rings is 1. The number of nitrogens with one attached hydrogen (secondary N) is 1. The van der Waals surface area contributed by atoms with E-state index >= 15 is 0 Å². The van der Waals surface area contributed by atoms with E-state index in [9.17, 15) is 0 Å². The Hall–Kier alpha value is -0.920. The first-order valence-electron chi connectivity index (χ1n) is 6.92. The number of H-pyrrole nitrogens is 1. The summed E-state index contributed by atoms with van der Waals surface area (Å²) in [5.41, 5.74) is 7.13. The van der Waals surface area contributed by atoms with Crippen LogP contribution < -0.4 is 10.6 Å². The zero-order chi connectivity index (χ0) is 15.0. The van der Waals surface area contributed by atoms with E-state index in [4.69, 9.17) is 5.73 Å². The molecule has 0 saturated carbocycles. The summed E-state index contributed by atoms with van der Waals surface area (Å²) in [7, 11) is 0. The molecule has 0 amide bonds. The molecule has 5 nitrogen and oxygen atoms in total. The summed E-state index contributed by atoms with van der Waals surface area (Å²) >= 11 is 6.98. The number of rotatable bonds is 2. The van der Waals surface area contributed by atoms with Crippen molar-refractivity contribution >= 4 is 37.8 Å². The van der Waals surface area contributed by atoms with Gasteiger partial charge in [-0.15, -0.1) is 5.10 Å². The zero-order valence-electron chi connectivity index (χ0n) is 11.7. The van der Waals surface area contributed by atoms with E-state index < -0.39 is 0 Å². The highest BCUT2D eigenvalue weighted by Gasteiger charge is 2.25. The first-order valence-corrected chi connectivity index (χ1v) is 8.51. The van der Waals surface area contributed by atoms with Crippen LogP contribution >= 0.6 is 31.9 Å². The van der Waals surface area contributed by atoms with Crippen molar-refractivity contribution in [2.45, 2.75) is 19.4 Å². The van der Waals surface area contributed by atoms with Gasteiger partial charge in [0.25, 0.3) is 0 Å². The van der Waals surface area contributed by atoms with E-state index in [1.54, 1.807) is 0 Å². The second-order valence-electron chi connectivity index (χ2n) is 5.52. The Morgan fingerprint density at radius 2 is 2.00 bits per heavy atom. The van der Waals surface area contributed by atoms with Crippen molar-refractivity contribution in [2.75, 3.05) is 18.0 Å². The highest BCUT2D eigenvalue weighted by atomic mass is 79.9. The summed E-state index contributed by atoms with van der Waals surface area (Å²) in [6, 6.07) is 6.20. The molecular weight excluding hydrogens is 398 g/mol. The minimum atomic E-state index is 0.181. The number of piperidine rings is 1. The number of hydrogen-bond acceptors (Lipinski definition) is 4. The van der Waals surface area contributed by atoms with Gasteiger partial charge in [-0.2, -0.15) is 4.98 Å². The van der Waals surface area contributed by atoms with Crippen molar-refractivity contribution in [1.29, 1.82) is 0 Å². The molecule has 0 aliphatic carbocycles. The summed E-state index contributed by atoms with van der Waals surface area (Å²) in [4.78, 5) is 6.76. The number of hydrogen-bond donors (Lipinski definition) is 2. The molecule has 1 fully saturated rings. The second kappa shape index (κ2) is 6.06. The van der Waals surface area contributed by atoms with Crippen molar-refractivity contribution in [3.05, 3.63) is 27.1 Å². The van der Waals surface area contributed by atoms with Gasteiger partial charge in [0.2, 0.25) is 5.95 Å². The van der Waals surface area contributed by atoms with Crippen molar-refractivity contribution in [2.24, 2.45) is 11.7 Å². The van der Waals surface area contributed by atoms with E-state index in [2.05, 4.69) is 58.9 Å². The number of aromatic nitrogens is 3. The van der Waals surface area contributed by atoms with Gasteiger partial charge in [0.05, 0.1) is 0 Å². The van der Waals surface area contributed by atoms with Gasteiger partial charge in [0.15, 0.2) is 5.82 Å². The maximum Gasteiger partial charge on any atom is 0.245 e. The molecule has 1 saturated heterocycles. The van der Waals surface area contributed by atoms with Crippen LogP contribution in [0.25, 0.3) is 11.4 Å². The Kier molecular flexibility index (Phi) is 4.33. The van der Waals surface area contributed by atoms with Gasteiger partial charge >= 0.3 is 0 Å². The van der Waals surface area contributed by atoms with Crippen LogP contribution in [0.5, 0.6) is 0 Å². The maximum absolute atomic E-state index is 6.14. The van der Waals surface area contributed by atoms with Crippen LogP contribution in [0.3, 0.4) is 0 Å². The van der Waals surface area contributed by atoms with Gasteiger partial charge in [0, 0.05) is 33.6 Å². The van der Waals surface area contributed by atoms with Crippen LogP contribution in [0.15, 0.2) is 27.1 Å². The van der Waals surface area contributed by atoms with Crippen LogP contribution in [-0.4, -0.2) is 34.3 Å². The Morgan fingerprint density at radius 1 is 1.29 bits per heavy atom. The smallest absolute Gasteiger partial charge is 0.245 e. The minimum Gasteiger partial charge on any atom is -0.338 e. The number of nitrogens with zero attached hydrogens (tertiary/aromatic N) is 3. The molecule has 1 aliphatic rings. The van der Waals surface area contributed by atoms with Gasteiger partial charge in [0.1, 0.15) is 0 Å². The lowest BCUT2D eigenvalue weighted by molar-refractivity contribution is 0.376. The topological polar surface area (TPSA) is 70.8 Å². The fourth-order valence-electron chi connectivity index (χ4n) is 2.49. The van der Waals surface area contributed by atoms with E-state index in [0.717, 1.165) is 45.8 Å². The number of halogens is 2. The predicted molar refractivity (Wildman–Crippen MR) is 91.2 cm³/mol. The molecule has 2 heterocycles. The largest absolute Gasteiger partial charge is 0.338 e. The molecule has 1 aromatic heterocycles. The lowest BCUT2D eigenvalue weighted by atomic mass is 9.95. The number of aromatic amines is 1. The quantitative estimate of drug-likeness (QED) is 0.791. The molecule has 0 spiro atoms. The molecule has 1 aromatic carbocycles. The molecule has 1 aliphatic heterocycles. The summed E-state index contributed by atoms with van der Waals surface area (Å²) in [6.07, 6.45) is 1.08. The molecular formula is C14H17Br2N5. The molecule has 2 atom stereocenters. The third-order valence-corrected chi connectivity index (χ3v) is 4.82. The van der Waals surface area contributed by atoms with E-state index in [-0.39, 0.29) is 6.04 Å². The first kappa shape index (κ1) is 15.0. The SMILES string of the molecule is CC1CCN(c2n[nH]c(-c3cc(Br)cc(Br)c3)n2)CC1N. The van der Waals surface area contributed by atoms with E-state index in [0.29, 0.717) is 5.92 Å². The third kappa shape index (κ3) is 3.30. The standard InChI is InChI=1S/C14H17Br2N5/c1-8-2-3-21(7-12(8)17)14-18-13(19-20-14)9-4-10(15)6-11(16)5-9/h4-6,8,12H,2-3,7,17H2,1H3,(H,18,19,20). The molecule has 2 unspecified atom stereocenters. The van der Waals surface area contributed by atoms with Crippen molar-refractivity contribution in [3.8, 4) is 11.4 Å². The Balaban J connectivity index is 1.83. The van der Waals surface area contributed by atoms with Crippen molar-refractivity contribution in [3.63, 3.8) is 0 Å². The highest BCUT2D eigenvalue weighted by molar-refractivity contribution is 9.11. The normalized spacial score (nSPS) is 22.6.